The highest BCUT2D eigenvalue weighted by Crippen LogP contribution is 2.40. The quantitative estimate of drug-likeness (QED) is 0.609. The highest BCUT2D eigenvalue weighted by atomic mass is 16.5. The maximum absolute atomic E-state index is 13.1. The molecule has 0 aromatic heterocycles. The molecule has 29 heavy (non-hydrogen) atoms. The Hall–Kier alpha value is -3.45. The molecule has 150 valence electrons. The maximum atomic E-state index is 13.1. The van der Waals surface area contributed by atoms with E-state index in [0.29, 0.717) is 10.5 Å². The Morgan fingerprint density at radius 1 is 1.00 bits per heavy atom. The third-order valence-corrected chi connectivity index (χ3v) is 4.92. The van der Waals surface area contributed by atoms with Crippen LogP contribution in [0.2, 0.25) is 0 Å². The molecule has 0 bridgehead atoms. The van der Waals surface area contributed by atoms with Gasteiger partial charge >= 0.3 is 5.97 Å². The van der Waals surface area contributed by atoms with E-state index in [1.165, 1.54) is 18.2 Å². The standard InChI is InChI=1S/C22H21NO6/c1-12-5-8-15(9-6-12)18(24)17-19(25)20(26)23(22(17,28)21(27)29-4)16-10-7-13(2)11-14(16)3/h5-11,25,28H,1-4H3. The van der Waals surface area contributed by atoms with E-state index in [-0.39, 0.29) is 11.3 Å². The van der Waals surface area contributed by atoms with E-state index in [2.05, 4.69) is 0 Å². The van der Waals surface area contributed by atoms with Crippen LogP contribution in [0, 0.1) is 20.8 Å². The molecule has 2 N–H and O–H groups in total. The molecule has 2 aromatic rings. The lowest BCUT2D eigenvalue weighted by Crippen LogP contribution is -2.56. The number of rotatable bonds is 4. The van der Waals surface area contributed by atoms with Crippen molar-refractivity contribution in [1.29, 1.82) is 0 Å². The Morgan fingerprint density at radius 2 is 1.59 bits per heavy atom. The summed E-state index contributed by atoms with van der Waals surface area (Å²) in [5.41, 5.74) is -0.912. The molecule has 1 unspecified atom stereocenters. The highest BCUT2D eigenvalue weighted by Gasteiger charge is 2.61. The number of amides is 1. The molecule has 1 aliphatic rings. The minimum absolute atomic E-state index is 0.106. The first-order valence-corrected chi connectivity index (χ1v) is 8.90. The van der Waals surface area contributed by atoms with Gasteiger partial charge in [0, 0.05) is 5.56 Å². The first-order valence-electron chi connectivity index (χ1n) is 8.90. The molecule has 1 heterocycles. The SMILES string of the molecule is COC(=O)C1(O)C(C(=O)c2ccc(C)cc2)=C(O)C(=O)N1c1ccc(C)cc1C. The smallest absolute Gasteiger partial charge is 0.365 e. The molecule has 0 spiro atoms. The Balaban J connectivity index is 2.22. The lowest BCUT2D eigenvalue weighted by Gasteiger charge is -2.33. The number of hydrogen-bond donors (Lipinski definition) is 2. The molecule has 0 radical (unpaired) electrons. The molecule has 7 heteroatoms. The van der Waals surface area contributed by atoms with E-state index in [4.69, 9.17) is 4.74 Å². The average molecular weight is 395 g/mol. The van der Waals surface area contributed by atoms with Gasteiger partial charge in [-0.15, -0.1) is 0 Å². The van der Waals surface area contributed by atoms with E-state index in [1.54, 1.807) is 31.2 Å². The third-order valence-electron chi connectivity index (χ3n) is 4.92. The van der Waals surface area contributed by atoms with E-state index < -0.39 is 34.7 Å². The summed E-state index contributed by atoms with van der Waals surface area (Å²) >= 11 is 0. The zero-order chi connectivity index (χ0) is 21.5. The Bertz CT molecular complexity index is 1050. The number of hydrogen-bond acceptors (Lipinski definition) is 6. The fraction of sp³-hybridized carbons (Fsp3) is 0.227. The van der Waals surface area contributed by atoms with Crippen LogP contribution in [0.5, 0.6) is 0 Å². The maximum Gasteiger partial charge on any atom is 0.365 e. The molecule has 1 atom stereocenters. The largest absolute Gasteiger partial charge is 0.503 e. The molecule has 3 rings (SSSR count). The van der Waals surface area contributed by atoms with Crippen LogP contribution >= 0.6 is 0 Å². The fourth-order valence-corrected chi connectivity index (χ4v) is 3.43. The van der Waals surface area contributed by atoms with Crippen LogP contribution in [-0.2, 0) is 14.3 Å². The number of Topliss-reactive ketones (excluding diaryl/α,β-unsaturated/α-hetero) is 1. The minimum atomic E-state index is -2.81. The number of benzene rings is 2. The molecule has 0 saturated carbocycles. The number of carbonyl (C=O) groups is 3. The van der Waals surface area contributed by atoms with Crippen LogP contribution in [0.15, 0.2) is 53.8 Å². The number of aryl methyl sites for hydroxylation is 3. The normalized spacial score (nSPS) is 18.9. The minimum Gasteiger partial charge on any atom is -0.503 e. The summed E-state index contributed by atoms with van der Waals surface area (Å²) < 4.78 is 4.70. The van der Waals surface area contributed by atoms with Crippen molar-refractivity contribution in [2.24, 2.45) is 0 Å². The van der Waals surface area contributed by atoms with Gasteiger partial charge in [-0.05, 0) is 32.4 Å². The number of aliphatic hydroxyl groups is 2. The second-order valence-corrected chi connectivity index (χ2v) is 7.01. The topological polar surface area (TPSA) is 104 Å². The predicted octanol–water partition coefficient (Wildman–Crippen LogP) is 2.52. The Kier molecular flexibility index (Phi) is 5.02. The Labute approximate surface area is 167 Å². The monoisotopic (exact) mass is 395 g/mol. The van der Waals surface area contributed by atoms with Gasteiger partial charge in [-0.1, -0.05) is 47.5 Å². The van der Waals surface area contributed by atoms with Crippen LogP contribution in [0.4, 0.5) is 5.69 Å². The van der Waals surface area contributed by atoms with Gasteiger partial charge in [0.1, 0.15) is 5.57 Å². The molecular weight excluding hydrogens is 374 g/mol. The molecule has 7 nitrogen and oxygen atoms in total. The predicted molar refractivity (Wildman–Crippen MR) is 106 cm³/mol. The fourth-order valence-electron chi connectivity index (χ4n) is 3.43. The molecule has 0 aliphatic carbocycles. The summed E-state index contributed by atoms with van der Waals surface area (Å²) in [5, 5.41) is 21.8. The summed E-state index contributed by atoms with van der Waals surface area (Å²) in [7, 11) is 1.02. The van der Waals surface area contributed by atoms with Gasteiger partial charge in [-0.2, -0.15) is 0 Å². The molecule has 0 fully saturated rings. The van der Waals surface area contributed by atoms with Gasteiger partial charge in [-0.25, -0.2) is 4.79 Å². The number of anilines is 1. The van der Waals surface area contributed by atoms with E-state index in [0.717, 1.165) is 18.2 Å². The third kappa shape index (κ3) is 3.09. The number of esters is 1. The van der Waals surface area contributed by atoms with Gasteiger partial charge < -0.3 is 14.9 Å². The molecule has 2 aromatic carbocycles. The van der Waals surface area contributed by atoms with Gasteiger partial charge in [0.15, 0.2) is 11.5 Å². The number of aliphatic hydroxyl groups excluding tert-OH is 1. The number of methoxy groups -OCH3 is 1. The first kappa shape index (κ1) is 20.3. The number of carbonyl (C=O) groups excluding carboxylic acids is 3. The van der Waals surface area contributed by atoms with Crippen LogP contribution in [-0.4, -0.2) is 40.7 Å². The number of nitrogens with zero attached hydrogens (tertiary/aromatic N) is 1. The van der Waals surface area contributed by atoms with Crippen molar-refractivity contribution >= 4 is 23.3 Å². The van der Waals surface area contributed by atoms with Crippen molar-refractivity contribution in [3.63, 3.8) is 0 Å². The van der Waals surface area contributed by atoms with Crippen LogP contribution in [0.3, 0.4) is 0 Å². The molecular formula is C22H21NO6. The zero-order valence-corrected chi connectivity index (χ0v) is 16.5. The van der Waals surface area contributed by atoms with Gasteiger partial charge in [0.05, 0.1) is 12.8 Å². The molecule has 0 saturated heterocycles. The second kappa shape index (κ2) is 7.18. The number of ketones is 1. The summed E-state index contributed by atoms with van der Waals surface area (Å²) in [6.45, 7) is 5.36. The van der Waals surface area contributed by atoms with E-state index in [9.17, 15) is 24.6 Å². The lowest BCUT2D eigenvalue weighted by atomic mass is 9.93. The van der Waals surface area contributed by atoms with Crippen molar-refractivity contribution < 1.29 is 29.3 Å². The molecule has 1 amide bonds. The van der Waals surface area contributed by atoms with Gasteiger partial charge in [-0.3, -0.25) is 14.5 Å². The average Bonchev–Trinajstić information content (AvgIpc) is 2.88. The Morgan fingerprint density at radius 3 is 2.14 bits per heavy atom. The highest BCUT2D eigenvalue weighted by molar-refractivity contribution is 6.26. The zero-order valence-electron chi connectivity index (χ0n) is 16.5. The van der Waals surface area contributed by atoms with Crippen LogP contribution < -0.4 is 4.90 Å². The van der Waals surface area contributed by atoms with E-state index >= 15 is 0 Å². The van der Waals surface area contributed by atoms with Crippen molar-refractivity contribution in [1.82, 2.24) is 0 Å². The van der Waals surface area contributed by atoms with Crippen molar-refractivity contribution in [3.05, 3.63) is 76.1 Å². The van der Waals surface area contributed by atoms with E-state index in [1.807, 2.05) is 13.8 Å². The van der Waals surface area contributed by atoms with Crippen LogP contribution in [0.25, 0.3) is 0 Å². The van der Waals surface area contributed by atoms with Crippen molar-refractivity contribution in [2.75, 3.05) is 12.0 Å². The summed E-state index contributed by atoms with van der Waals surface area (Å²) in [5.74, 6) is -4.18. The summed E-state index contributed by atoms with van der Waals surface area (Å²) in [6.07, 6.45) is 0. The second-order valence-electron chi connectivity index (χ2n) is 7.01. The first-order chi connectivity index (χ1) is 13.6. The van der Waals surface area contributed by atoms with Gasteiger partial charge in [0.25, 0.3) is 11.6 Å². The van der Waals surface area contributed by atoms with Crippen molar-refractivity contribution in [2.45, 2.75) is 26.5 Å². The lowest BCUT2D eigenvalue weighted by molar-refractivity contribution is -0.158. The molecule has 1 aliphatic heterocycles. The van der Waals surface area contributed by atoms with Gasteiger partial charge in [0.2, 0.25) is 0 Å². The summed E-state index contributed by atoms with van der Waals surface area (Å²) in [4.78, 5) is 39.3. The summed E-state index contributed by atoms with van der Waals surface area (Å²) in [6, 6.07) is 11.3. The number of ether oxygens (including phenoxy) is 1. The van der Waals surface area contributed by atoms with Crippen LogP contribution in [0.1, 0.15) is 27.0 Å². The van der Waals surface area contributed by atoms with Crippen molar-refractivity contribution in [3.8, 4) is 0 Å².